The third-order valence-electron chi connectivity index (χ3n) is 4.08. The second-order valence-electron chi connectivity index (χ2n) is 6.15. The molecule has 5 heteroatoms. The zero-order chi connectivity index (χ0) is 14.3. The van der Waals surface area contributed by atoms with Gasteiger partial charge in [-0.2, -0.15) is 0 Å². The van der Waals surface area contributed by atoms with Crippen molar-refractivity contribution in [3.63, 3.8) is 0 Å². The van der Waals surface area contributed by atoms with E-state index in [2.05, 4.69) is 23.7 Å². The zero-order valence-corrected chi connectivity index (χ0v) is 12.4. The highest BCUT2D eigenvalue weighted by Gasteiger charge is 2.27. The van der Waals surface area contributed by atoms with Crippen molar-refractivity contribution >= 4 is 11.2 Å². The second-order valence-corrected chi connectivity index (χ2v) is 6.15. The van der Waals surface area contributed by atoms with Crippen molar-refractivity contribution in [2.75, 3.05) is 19.6 Å². The van der Waals surface area contributed by atoms with Gasteiger partial charge in [0.25, 0.3) is 0 Å². The first-order chi connectivity index (χ1) is 9.58. The highest BCUT2D eigenvalue weighted by Crippen LogP contribution is 2.24. The quantitative estimate of drug-likeness (QED) is 0.854. The van der Waals surface area contributed by atoms with E-state index in [0.29, 0.717) is 5.92 Å². The predicted molar refractivity (Wildman–Crippen MR) is 79.9 cm³/mol. The van der Waals surface area contributed by atoms with Crippen molar-refractivity contribution in [2.45, 2.75) is 26.3 Å². The molecule has 2 aromatic rings. The SMILES string of the molecule is CC(C)CN1CC[C@@H](n2c(=O)n(C)c3cccnc32)C1. The summed E-state index contributed by atoms with van der Waals surface area (Å²) in [5, 5.41) is 0. The maximum Gasteiger partial charge on any atom is 0.330 e. The monoisotopic (exact) mass is 274 g/mol. The Kier molecular flexibility index (Phi) is 3.38. The van der Waals surface area contributed by atoms with Gasteiger partial charge in [-0.3, -0.25) is 9.13 Å². The smallest absolute Gasteiger partial charge is 0.301 e. The molecule has 108 valence electrons. The Hall–Kier alpha value is -1.62. The highest BCUT2D eigenvalue weighted by atomic mass is 16.1. The first kappa shape index (κ1) is 13.4. The Morgan fingerprint density at radius 3 is 3.00 bits per heavy atom. The van der Waals surface area contributed by atoms with Crippen LogP contribution in [0.25, 0.3) is 11.2 Å². The summed E-state index contributed by atoms with van der Waals surface area (Å²) in [5.74, 6) is 0.663. The van der Waals surface area contributed by atoms with Crippen LogP contribution in [0.4, 0.5) is 0 Å². The number of hydrogen-bond donors (Lipinski definition) is 0. The fourth-order valence-corrected chi connectivity index (χ4v) is 3.23. The van der Waals surface area contributed by atoms with Gasteiger partial charge in [-0.1, -0.05) is 13.8 Å². The molecule has 1 aliphatic rings. The molecule has 20 heavy (non-hydrogen) atoms. The number of hydrogen-bond acceptors (Lipinski definition) is 3. The lowest BCUT2D eigenvalue weighted by atomic mass is 10.2. The summed E-state index contributed by atoms with van der Waals surface area (Å²) in [6.07, 6.45) is 2.79. The van der Waals surface area contributed by atoms with Crippen LogP contribution in [0.1, 0.15) is 26.3 Å². The molecule has 0 N–H and O–H groups in total. The number of nitrogens with zero attached hydrogens (tertiary/aromatic N) is 4. The van der Waals surface area contributed by atoms with Crippen molar-refractivity contribution in [3.05, 3.63) is 28.8 Å². The lowest BCUT2D eigenvalue weighted by molar-refractivity contribution is 0.287. The normalized spacial score (nSPS) is 20.3. The molecule has 1 atom stereocenters. The van der Waals surface area contributed by atoms with E-state index in [9.17, 15) is 4.79 Å². The van der Waals surface area contributed by atoms with Gasteiger partial charge in [0.2, 0.25) is 0 Å². The molecule has 0 spiro atoms. The Labute approximate surface area is 118 Å². The van der Waals surface area contributed by atoms with E-state index < -0.39 is 0 Å². The number of pyridine rings is 1. The fourth-order valence-electron chi connectivity index (χ4n) is 3.23. The standard InChI is InChI=1S/C15H22N4O/c1-11(2)9-18-8-6-12(10-18)19-14-13(5-4-7-16-14)17(3)15(19)20/h4-5,7,11-12H,6,8-10H2,1-3H3/t12-/m1/s1. The lowest BCUT2D eigenvalue weighted by Gasteiger charge is -2.18. The number of fused-ring (bicyclic) bond motifs is 1. The summed E-state index contributed by atoms with van der Waals surface area (Å²) in [4.78, 5) is 19.3. The molecule has 0 aromatic carbocycles. The van der Waals surface area contributed by atoms with Crippen LogP contribution in [0.5, 0.6) is 0 Å². The third kappa shape index (κ3) is 2.16. The van der Waals surface area contributed by atoms with Crippen LogP contribution >= 0.6 is 0 Å². The number of aryl methyl sites for hydroxylation is 1. The van der Waals surface area contributed by atoms with Crippen molar-refractivity contribution in [2.24, 2.45) is 13.0 Å². The maximum absolute atomic E-state index is 12.5. The predicted octanol–water partition coefficient (Wildman–Crippen LogP) is 1.64. The van der Waals surface area contributed by atoms with Gasteiger partial charge >= 0.3 is 5.69 Å². The summed E-state index contributed by atoms with van der Waals surface area (Å²) >= 11 is 0. The summed E-state index contributed by atoms with van der Waals surface area (Å²) in [7, 11) is 1.82. The molecule has 3 heterocycles. The molecule has 1 fully saturated rings. The number of aromatic nitrogens is 3. The van der Waals surface area contributed by atoms with Crippen LogP contribution in [0.15, 0.2) is 23.1 Å². The third-order valence-corrected chi connectivity index (χ3v) is 4.08. The molecular formula is C15H22N4O. The van der Waals surface area contributed by atoms with Gasteiger partial charge in [-0.25, -0.2) is 9.78 Å². The van der Waals surface area contributed by atoms with Gasteiger partial charge in [0.15, 0.2) is 5.65 Å². The molecule has 5 nitrogen and oxygen atoms in total. The van der Waals surface area contributed by atoms with Crippen LogP contribution in [0.3, 0.4) is 0 Å². The van der Waals surface area contributed by atoms with Crippen LogP contribution in [-0.4, -0.2) is 38.7 Å². The number of likely N-dealkylation sites (tertiary alicyclic amines) is 1. The van der Waals surface area contributed by atoms with Crippen molar-refractivity contribution in [1.29, 1.82) is 0 Å². The minimum Gasteiger partial charge on any atom is -0.301 e. The van der Waals surface area contributed by atoms with Crippen molar-refractivity contribution in [3.8, 4) is 0 Å². The molecule has 0 unspecified atom stereocenters. The van der Waals surface area contributed by atoms with Gasteiger partial charge < -0.3 is 4.90 Å². The molecule has 0 saturated carbocycles. The van der Waals surface area contributed by atoms with Gasteiger partial charge in [-0.05, 0) is 24.5 Å². The molecule has 1 aliphatic heterocycles. The first-order valence-electron chi connectivity index (χ1n) is 7.32. The van der Waals surface area contributed by atoms with E-state index in [1.165, 1.54) is 0 Å². The molecule has 0 radical (unpaired) electrons. The topological polar surface area (TPSA) is 43.1 Å². The minimum absolute atomic E-state index is 0.0510. The van der Waals surface area contributed by atoms with E-state index in [1.54, 1.807) is 10.8 Å². The fraction of sp³-hybridized carbons (Fsp3) is 0.600. The Balaban J connectivity index is 1.96. The van der Waals surface area contributed by atoms with Gasteiger partial charge in [0.1, 0.15) is 0 Å². The van der Waals surface area contributed by atoms with Crippen molar-refractivity contribution < 1.29 is 0 Å². The summed E-state index contributed by atoms with van der Waals surface area (Å²) in [6.45, 7) is 7.59. The number of imidazole rings is 1. The molecule has 1 saturated heterocycles. The number of rotatable bonds is 3. The minimum atomic E-state index is 0.0510. The molecule has 0 aliphatic carbocycles. The van der Waals surface area contributed by atoms with Crippen LogP contribution in [0.2, 0.25) is 0 Å². The molecule has 0 bridgehead atoms. The van der Waals surface area contributed by atoms with Gasteiger partial charge in [0, 0.05) is 32.9 Å². The van der Waals surface area contributed by atoms with Gasteiger partial charge in [-0.15, -0.1) is 0 Å². The van der Waals surface area contributed by atoms with E-state index in [0.717, 1.165) is 37.2 Å². The Bertz CT molecular complexity index is 670. The average molecular weight is 274 g/mol. The first-order valence-corrected chi connectivity index (χ1v) is 7.32. The lowest BCUT2D eigenvalue weighted by Crippen LogP contribution is -2.30. The van der Waals surface area contributed by atoms with Crippen LogP contribution < -0.4 is 5.69 Å². The average Bonchev–Trinajstić information content (AvgIpc) is 2.94. The Morgan fingerprint density at radius 2 is 2.25 bits per heavy atom. The maximum atomic E-state index is 12.5. The van der Waals surface area contributed by atoms with Crippen LogP contribution in [-0.2, 0) is 7.05 Å². The highest BCUT2D eigenvalue weighted by molar-refractivity contribution is 5.71. The van der Waals surface area contributed by atoms with Crippen molar-refractivity contribution in [1.82, 2.24) is 19.0 Å². The second kappa shape index (κ2) is 5.05. The summed E-state index contributed by atoms with van der Waals surface area (Å²) < 4.78 is 3.59. The molecule has 0 amide bonds. The van der Waals surface area contributed by atoms with Crippen LogP contribution in [0, 0.1) is 5.92 Å². The van der Waals surface area contributed by atoms with Gasteiger partial charge in [0.05, 0.1) is 11.6 Å². The summed E-state index contributed by atoms with van der Waals surface area (Å²) in [5.41, 5.74) is 1.78. The summed E-state index contributed by atoms with van der Waals surface area (Å²) in [6, 6.07) is 4.09. The van der Waals surface area contributed by atoms with E-state index in [1.807, 2.05) is 23.7 Å². The molecule has 3 rings (SSSR count). The van der Waals surface area contributed by atoms with E-state index in [-0.39, 0.29) is 11.7 Å². The molecular weight excluding hydrogens is 252 g/mol. The Morgan fingerprint density at radius 1 is 1.45 bits per heavy atom. The van der Waals surface area contributed by atoms with E-state index in [4.69, 9.17) is 0 Å². The largest absolute Gasteiger partial charge is 0.330 e. The molecule has 2 aromatic heterocycles. The zero-order valence-electron chi connectivity index (χ0n) is 12.4. The van der Waals surface area contributed by atoms with E-state index >= 15 is 0 Å².